The van der Waals surface area contributed by atoms with E-state index in [9.17, 15) is 4.79 Å². The van der Waals surface area contributed by atoms with Gasteiger partial charge in [-0.25, -0.2) is 0 Å². The predicted octanol–water partition coefficient (Wildman–Crippen LogP) is 4.07. The molecule has 2 rings (SSSR count). The third-order valence-corrected chi connectivity index (χ3v) is 3.16. The molecule has 0 radical (unpaired) electrons. The Morgan fingerprint density at radius 1 is 1.10 bits per heavy atom. The molecule has 0 spiro atoms. The summed E-state index contributed by atoms with van der Waals surface area (Å²) in [6.07, 6.45) is 0. The van der Waals surface area contributed by atoms with Crippen molar-refractivity contribution < 1.29 is 9.53 Å². The molecule has 2 aromatic carbocycles. The van der Waals surface area contributed by atoms with Crippen molar-refractivity contribution in [3.8, 4) is 5.75 Å². The number of nitrogens with one attached hydrogen (secondary N) is 1. The van der Waals surface area contributed by atoms with E-state index in [-0.39, 0.29) is 5.91 Å². The lowest BCUT2D eigenvalue weighted by molar-refractivity contribution is 0.102. The van der Waals surface area contributed by atoms with Gasteiger partial charge in [-0.05, 0) is 35.7 Å². The Labute approximate surface area is 119 Å². The summed E-state index contributed by atoms with van der Waals surface area (Å²) in [5.74, 6) is 0.906. The Bertz CT molecular complexity index is 605. The number of amides is 1. The maximum atomic E-state index is 12.3. The number of methoxy groups -OCH3 is 1. The standard InChI is InChI=1S/C17H19NO2/c1-12(2)15-9-4-5-10-16(15)18-17(19)13-7-6-8-14(11-13)20-3/h4-12H,1-3H3,(H,18,19). The molecule has 0 aliphatic carbocycles. The zero-order valence-electron chi connectivity index (χ0n) is 12.0. The predicted molar refractivity (Wildman–Crippen MR) is 81.5 cm³/mol. The Hall–Kier alpha value is -2.29. The third kappa shape index (κ3) is 3.18. The van der Waals surface area contributed by atoms with Crippen LogP contribution in [0.15, 0.2) is 48.5 Å². The molecule has 0 saturated heterocycles. The minimum atomic E-state index is -0.128. The second-order valence-electron chi connectivity index (χ2n) is 4.93. The quantitative estimate of drug-likeness (QED) is 0.908. The molecule has 0 unspecified atom stereocenters. The Morgan fingerprint density at radius 2 is 1.85 bits per heavy atom. The summed E-state index contributed by atoms with van der Waals surface area (Å²) in [5.41, 5.74) is 2.57. The summed E-state index contributed by atoms with van der Waals surface area (Å²) in [6.45, 7) is 4.22. The zero-order valence-corrected chi connectivity index (χ0v) is 12.0. The summed E-state index contributed by atoms with van der Waals surface area (Å²) in [5, 5.41) is 2.96. The van der Waals surface area contributed by atoms with E-state index >= 15 is 0 Å². The van der Waals surface area contributed by atoms with Crippen LogP contribution < -0.4 is 10.1 Å². The highest BCUT2D eigenvalue weighted by Crippen LogP contribution is 2.24. The lowest BCUT2D eigenvalue weighted by Crippen LogP contribution is -2.13. The monoisotopic (exact) mass is 269 g/mol. The molecule has 0 fully saturated rings. The number of carbonyl (C=O) groups excluding carboxylic acids is 1. The van der Waals surface area contributed by atoms with E-state index in [0.717, 1.165) is 11.3 Å². The molecule has 0 atom stereocenters. The fraction of sp³-hybridized carbons (Fsp3) is 0.235. The molecule has 0 saturated carbocycles. The van der Waals surface area contributed by atoms with E-state index in [2.05, 4.69) is 19.2 Å². The number of benzene rings is 2. The number of hydrogen-bond donors (Lipinski definition) is 1. The number of para-hydroxylation sites is 1. The van der Waals surface area contributed by atoms with Crippen LogP contribution in [0.2, 0.25) is 0 Å². The first kappa shape index (κ1) is 14.1. The average Bonchev–Trinajstić information content (AvgIpc) is 2.47. The maximum absolute atomic E-state index is 12.3. The second-order valence-corrected chi connectivity index (χ2v) is 4.93. The van der Waals surface area contributed by atoms with E-state index in [1.807, 2.05) is 36.4 Å². The van der Waals surface area contributed by atoms with Gasteiger partial charge in [0.05, 0.1) is 7.11 Å². The lowest BCUT2D eigenvalue weighted by atomic mass is 10.0. The summed E-state index contributed by atoms with van der Waals surface area (Å²) < 4.78 is 5.14. The van der Waals surface area contributed by atoms with Crippen LogP contribution in [0.25, 0.3) is 0 Å². The molecule has 2 aromatic rings. The van der Waals surface area contributed by atoms with Gasteiger partial charge in [0.2, 0.25) is 0 Å². The van der Waals surface area contributed by atoms with Crippen molar-refractivity contribution in [1.82, 2.24) is 0 Å². The first-order chi connectivity index (χ1) is 9.61. The fourth-order valence-electron chi connectivity index (χ4n) is 2.07. The fourth-order valence-corrected chi connectivity index (χ4v) is 2.07. The molecule has 1 amide bonds. The maximum Gasteiger partial charge on any atom is 0.255 e. The van der Waals surface area contributed by atoms with Gasteiger partial charge in [-0.15, -0.1) is 0 Å². The van der Waals surface area contributed by atoms with E-state index in [4.69, 9.17) is 4.74 Å². The molecule has 20 heavy (non-hydrogen) atoms. The van der Waals surface area contributed by atoms with Gasteiger partial charge < -0.3 is 10.1 Å². The molecule has 1 N–H and O–H groups in total. The van der Waals surface area contributed by atoms with Gasteiger partial charge in [-0.2, -0.15) is 0 Å². The molecule has 0 aromatic heterocycles. The SMILES string of the molecule is COc1cccc(C(=O)Nc2ccccc2C(C)C)c1. The van der Waals surface area contributed by atoms with E-state index < -0.39 is 0 Å². The Kier molecular flexibility index (Phi) is 4.41. The van der Waals surface area contributed by atoms with Crippen molar-refractivity contribution in [2.45, 2.75) is 19.8 Å². The number of rotatable bonds is 4. The van der Waals surface area contributed by atoms with Gasteiger partial charge in [0.1, 0.15) is 5.75 Å². The minimum Gasteiger partial charge on any atom is -0.497 e. The highest BCUT2D eigenvalue weighted by Gasteiger charge is 2.11. The molecule has 3 heteroatoms. The van der Waals surface area contributed by atoms with Crippen molar-refractivity contribution in [3.05, 3.63) is 59.7 Å². The number of ether oxygens (including phenoxy) is 1. The average molecular weight is 269 g/mol. The van der Waals surface area contributed by atoms with E-state index in [0.29, 0.717) is 17.2 Å². The summed E-state index contributed by atoms with van der Waals surface area (Å²) in [6, 6.07) is 15.0. The van der Waals surface area contributed by atoms with Crippen LogP contribution in [0.5, 0.6) is 5.75 Å². The summed E-state index contributed by atoms with van der Waals surface area (Å²) in [4.78, 5) is 12.3. The molecule has 3 nitrogen and oxygen atoms in total. The first-order valence-electron chi connectivity index (χ1n) is 6.66. The zero-order chi connectivity index (χ0) is 14.5. The normalized spacial score (nSPS) is 10.4. The van der Waals surface area contributed by atoms with Gasteiger partial charge in [-0.1, -0.05) is 38.1 Å². The second kappa shape index (κ2) is 6.24. The van der Waals surface area contributed by atoms with Crippen LogP contribution in [-0.2, 0) is 0 Å². The van der Waals surface area contributed by atoms with Gasteiger partial charge >= 0.3 is 0 Å². The molecule has 0 heterocycles. The summed E-state index contributed by atoms with van der Waals surface area (Å²) >= 11 is 0. The van der Waals surface area contributed by atoms with E-state index in [1.165, 1.54) is 0 Å². The molecule has 0 bridgehead atoms. The van der Waals surface area contributed by atoms with Gasteiger partial charge in [0.15, 0.2) is 0 Å². The Balaban J connectivity index is 2.23. The molecule has 0 aliphatic heterocycles. The molecular formula is C17H19NO2. The Morgan fingerprint density at radius 3 is 2.55 bits per heavy atom. The summed E-state index contributed by atoms with van der Waals surface area (Å²) in [7, 11) is 1.59. The van der Waals surface area contributed by atoms with Gasteiger partial charge in [0, 0.05) is 11.3 Å². The van der Waals surface area contributed by atoms with Gasteiger partial charge in [-0.3, -0.25) is 4.79 Å². The van der Waals surface area contributed by atoms with Crippen molar-refractivity contribution in [2.24, 2.45) is 0 Å². The highest BCUT2D eigenvalue weighted by molar-refractivity contribution is 6.04. The topological polar surface area (TPSA) is 38.3 Å². The van der Waals surface area contributed by atoms with E-state index in [1.54, 1.807) is 19.2 Å². The van der Waals surface area contributed by atoms with Crippen molar-refractivity contribution in [1.29, 1.82) is 0 Å². The van der Waals surface area contributed by atoms with Crippen molar-refractivity contribution in [2.75, 3.05) is 12.4 Å². The van der Waals surface area contributed by atoms with Crippen LogP contribution in [0.4, 0.5) is 5.69 Å². The third-order valence-electron chi connectivity index (χ3n) is 3.16. The van der Waals surface area contributed by atoms with Crippen LogP contribution in [0.1, 0.15) is 35.7 Å². The van der Waals surface area contributed by atoms with Crippen LogP contribution >= 0.6 is 0 Å². The van der Waals surface area contributed by atoms with Gasteiger partial charge in [0.25, 0.3) is 5.91 Å². The van der Waals surface area contributed by atoms with Crippen LogP contribution in [-0.4, -0.2) is 13.0 Å². The lowest BCUT2D eigenvalue weighted by Gasteiger charge is -2.13. The largest absolute Gasteiger partial charge is 0.497 e. The van der Waals surface area contributed by atoms with Crippen LogP contribution in [0.3, 0.4) is 0 Å². The van der Waals surface area contributed by atoms with Crippen LogP contribution in [0, 0.1) is 0 Å². The molecule has 104 valence electrons. The number of carbonyl (C=O) groups is 1. The smallest absolute Gasteiger partial charge is 0.255 e. The number of hydrogen-bond acceptors (Lipinski definition) is 2. The minimum absolute atomic E-state index is 0.128. The molecule has 0 aliphatic rings. The van der Waals surface area contributed by atoms with Crippen molar-refractivity contribution >= 4 is 11.6 Å². The van der Waals surface area contributed by atoms with Crippen molar-refractivity contribution in [3.63, 3.8) is 0 Å². The number of anilines is 1. The molecular weight excluding hydrogens is 250 g/mol. The first-order valence-corrected chi connectivity index (χ1v) is 6.66. The highest BCUT2D eigenvalue weighted by atomic mass is 16.5.